The quantitative estimate of drug-likeness (QED) is 0.530. The second-order valence-electron chi connectivity index (χ2n) is 7.03. The number of fused-ring (bicyclic) bond motifs is 5. The van der Waals surface area contributed by atoms with Gasteiger partial charge in [-0.3, -0.25) is 4.79 Å². The van der Waals surface area contributed by atoms with Crippen molar-refractivity contribution in [2.45, 2.75) is 65.2 Å². The number of carbonyl (C=O) groups excluding carboxylic acids is 1. The summed E-state index contributed by atoms with van der Waals surface area (Å²) in [5.41, 5.74) is 3.19. The maximum Gasteiger partial charge on any atom is 0.139 e. The van der Waals surface area contributed by atoms with E-state index < -0.39 is 0 Å². The van der Waals surface area contributed by atoms with E-state index >= 15 is 0 Å². The number of hydrogen-bond donors (Lipinski definition) is 0. The summed E-state index contributed by atoms with van der Waals surface area (Å²) in [6, 6.07) is 9.00. The normalized spacial score (nSPS) is 33.7. The number of hydrogen-bond acceptors (Lipinski definition) is 1. The summed E-state index contributed by atoms with van der Waals surface area (Å²) in [5.74, 6) is 2.70. The Hall–Kier alpha value is -0.00610. The van der Waals surface area contributed by atoms with E-state index in [9.17, 15) is 4.79 Å². The number of Topliss-reactive ketones (excluding diaryl/α,β-unsaturated/α-hetero) is 1. The summed E-state index contributed by atoms with van der Waals surface area (Å²) in [6.07, 6.45) is 6.85. The topological polar surface area (TPSA) is 17.1 Å². The summed E-state index contributed by atoms with van der Waals surface area (Å²) in [6.45, 7) is 6.25. The van der Waals surface area contributed by atoms with Crippen LogP contribution < -0.4 is 0 Å². The first-order chi connectivity index (χ1) is 10.2. The van der Waals surface area contributed by atoms with Gasteiger partial charge in [-0.1, -0.05) is 45.0 Å². The van der Waals surface area contributed by atoms with Crippen molar-refractivity contribution in [3.63, 3.8) is 0 Å². The fourth-order valence-corrected chi connectivity index (χ4v) is 5.29. The van der Waals surface area contributed by atoms with Crippen LogP contribution in [0.4, 0.5) is 0 Å². The molecule has 2 fully saturated rings. The van der Waals surface area contributed by atoms with Crippen LogP contribution in [0, 0.1) is 24.7 Å². The van der Waals surface area contributed by atoms with Gasteiger partial charge >= 0.3 is 0 Å². The number of benzene rings is 1. The summed E-state index contributed by atoms with van der Waals surface area (Å²) in [4.78, 5) is 12.3. The van der Waals surface area contributed by atoms with E-state index in [2.05, 4.69) is 31.2 Å². The minimum atomic E-state index is 0. The van der Waals surface area contributed by atoms with Crippen molar-refractivity contribution >= 4 is 5.78 Å². The molecular weight excluding hydrogens is 357 g/mol. The summed E-state index contributed by atoms with van der Waals surface area (Å²) in [5, 5.41) is 0. The van der Waals surface area contributed by atoms with E-state index in [-0.39, 0.29) is 45.6 Å². The molecule has 2 heteroatoms. The third-order valence-electron chi connectivity index (χ3n) is 6.35. The molecule has 0 bridgehead atoms. The third kappa shape index (κ3) is 3.38. The number of aryl methyl sites for hydroxylation is 1. The van der Waals surface area contributed by atoms with Crippen molar-refractivity contribution < 1.29 is 37.5 Å². The van der Waals surface area contributed by atoms with Gasteiger partial charge in [0.15, 0.2) is 0 Å². The molecule has 3 aliphatic carbocycles. The SMILES string of the molecule is CC.CC12CCC3c4ccccc4CCC3C1CCC2=O.[CH3-].[Y]. The standard InChI is InChI=1S/C18H22O.C2H6.CH3.Y/c1-18-11-10-14-13-5-3-2-4-12(13)6-7-15(14)16(18)8-9-17(18)19;1-2;;/h2-5,14-16H,6-11H2,1H3;1-2H3;1H3;/q;;-1;. The molecule has 0 aliphatic heterocycles. The molecule has 1 aromatic rings. The van der Waals surface area contributed by atoms with Gasteiger partial charge in [0.1, 0.15) is 5.78 Å². The Bertz CT molecular complexity index is 538. The molecule has 0 N–H and O–H groups in total. The smallest absolute Gasteiger partial charge is 0.139 e. The van der Waals surface area contributed by atoms with Crippen molar-refractivity contribution in [3.05, 3.63) is 42.8 Å². The van der Waals surface area contributed by atoms with E-state index in [1.807, 2.05) is 13.8 Å². The Balaban J connectivity index is 0.000000638. The Labute approximate surface area is 167 Å². The predicted molar refractivity (Wildman–Crippen MR) is 93.8 cm³/mol. The van der Waals surface area contributed by atoms with Crippen LogP contribution in [-0.4, -0.2) is 5.78 Å². The molecule has 1 nitrogen and oxygen atoms in total. The van der Waals surface area contributed by atoms with E-state index in [0.29, 0.717) is 11.7 Å². The first kappa shape index (κ1) is 21.0. The fourth-order valence-electron chi connectivity index (χ4n) is 5.29. The minimum Gasteiger partial charge on any atom is -0.358 e. The second kappa shape index (κ2) is 8.39. The van der Waals surface area contributed by atoms with Gasteiger partial charge in [-0.15, -0.1) is 0 Å². The number of ketones is 1. The Kier molecular flexibility index (Phi) is 7.67. The van der Waals surface area contributed by atoms with Crippen LogP contribution in [-0.2, 0) is 43.9 Å². The Morgan fingerprint density at radius 1 is 1.04 bits per heavy atom. The molecule has 0 saturated heterocycles. The van der Waals surface area contributed by atoms with Crippen LogP contribution in [0.1, 0.15) is 69.9 Å². The number of rotatable bonds is 0. The molecule has 125 valence electrons. The molecular formula is C21H31OY-. The second-order valence-corrected chi connectivity index (χ2v) is 7.03. The van der Waals surface area contributed by atoms with Crippen LogP contribution in [0.2, 0.25) is 0 Å². The van der Waals surface area contributed by atoms with Crippen LogP contribution in [0.15, 0.2) is 24.3 Å². The van der Waals surface area contributed by atoms with Crippen molar-refractivity contribution in [1.29, 1.82) is 0 Å². The number of carbonyl (C=O) groups is 1. The molecule has 0 aromatic heterocycles. The van der Waals surface area contributed by atoms with Crippen LogP contribution in [0.5, 0.6) is 0 Å². The summed E-state index contributed by atoms with van der Waals surface area (Å²) >= 11 is 0. The van der Waals surface area contributed by atoms with Gasteiger partial charge in [-0.05, 0) is 61.0 Å². The molecule has 1 radical (unpaired) electrons. The molecule has 0 amide bonds. The largest absolute Gasteiger partial charge is 0.358 e. The maximum atomic E-state index is 12.3. The summed E-state index contributed by atoms with van der Waals surface area (Å²) < 4.78 is 0. The molecule has 2 saturated carbocycles. The van der Waals surface area contributed by atoms with Gasteiger partial charge in [0.25, 0.3) is 0 Å². The molecule has 23 heavy (non-hydrogen) atoms. The fraction of sp³-hybridized carbons (Fsp3) is 0.619. The Morgan fingerprint density at radius 3 is 2.48 bits per heavy atom. The van der Waals surface area contributed by atoms with Gasteiger partial charge in [0.2, 0.25) is 0 Å². The van der Waals surface area contributed by atoms with E-state index in [4.69, 9.17) is 0 Å². The van der Waals surface area contributed by atoms with Crippen molar-refractivity contribution in [2.24, 2.45) is 17.3 Å². The van der Waals surface area contributed by atoms with Gasteiger partial charge in [-0.25, -0.2) is 0 Å². The monoisotopic (exact) mass is 388 g/mol. The summed E-state index contributed by atoms with van der Waals surface area (Å²) in [7, 11) is 0. The predicted octanol–water partition coefficient (Wildman–Crippen LogP) is 5.59. The molecule has 0 spiro atoms. The van der Waals surface area contributed by atoms with E-state index in [1.165, 1.54) is 19.3 Å². The Morgan fingerprint density at radius 2 is 1.74 bits per heavy atom. The van der Waals surface area contributed by atoms with Crippen LogP contribution in [0.3, 0.4) is 0 Å². The van der Waals surface area contributed by atoms with E-state index in [1.54, 1.807) is 11.1 Å². The molecule has 4 atom stereocenters. The first-order valence-electron chi connectivity index (χ1n) is 8.81. The zero-order valence-electron chi connectivity index (χ0n) is 15.3. The van der Waals surface area contributed by atoms with Gasteiger partial charge in [0.05, 0.1) is 0 Å². The zero-order valence-corrected chi connectivity index (χ0v) is 18.1. The van der Waals surface area contributed by atoms with Crippen molar-refractivity contribution in [2.75, 3.05) is 0 Å². The molecule has 1 aromatic carbocycles. The van der Waals surface area contributed by atoms with E-state index in [0.717, 1.165) is 31.1 Å². The van der Waals surface area contributed by atoms with Gasteiger partial charge in [0, 0.05) is 44.5 Å². The minimum absolute atomic E-state index is 0. The maximum absolute atomic E-state index is 12.3. The average Bonchev–Trinajstić information content (AvgIpc) is 2.85. The molecule has 3 aliphatic rings. The van der Waals surface area contributed by atoms with Crippen LogP contribution >= 0.6 is 0 Å². The first-order valence-corrected chi connectivity index (χ1v) is 8.81. The van der Waals surface area contributed by atoms with Crippen molar-refractivity contribution in [3.8, 4) is 0 Å². The molecule has 4 unspecified atom stereocenters. The third-order valence-corrected chi connectivity index (χ3v) is 6.35. The van der Waals surface area contributed by atoms with Crippen molar-refractivity contribution in [1.82, 2.24) is 0 Å². The average molecular weight is 388 g/mol. The molecule has 4 rings (SSSR count). The zero-order chi connectivity index (χ0) is 15.0. The molecule has 0 heterocycles. The van der Waals surface area contributed by atoms with Gasteiger partial charge < -0.3 is 7.43 Å². The van der Waals surface area contributed by atoms with Gasteiger partial charge in [-0.2, -0.15) is 0 Å². The van der Waals surface area contributed by atoms with Crippen LogP contribution in [0.25, 0.3) is 0 Å².